The van der Waals surface area contributed by atoms with E-state index in [-0.39, 0.29) is 5.91 Å². The third-order valence-electron chi connectivity index (χ3n) is 8.02. The van der Waals surface area contributed by atoms with Crippen LogP contribution in [0.4, 0.5) is 5.69 Å². The molecule has 2 aliphatic rings. The van der Waals surface area contributed by atoms with Crippen molar-refractivity contribution in [2.75, 3.05) is 31.5 Å². The van der Waals surface area contributed by atoms with Crippen LogP contribution in [0.15, 0.2) is 54.7 Å². The van der Waals surface area contributed by atoms with Crippen molar-refractivity contribution < 1.29 is 4.79 Å². The number of piperazine rings is 1. The molecule has 37 heavy (non-hydrogen) atoms. The summed E-state index contributed by atoms with van der Waals surface area (Å²) in [5.41, 5.74) is 5.01. The highest BCUT2D eigenvalue weighted by molar-refractivity contribution is 6.05. The molecule has 0 unspecified atom stereocenters. The molecule has 2 fully saturated rings. The Hall–Kier alpha value is -3.49. The molecule has 2 aromatic carbocycles. The minimum absolute atomic E-state index is 0.181. The van der Waals surface area contributed by atoms with Crippen LogP contribution in [0.3, 0.4) is 0 Å². The molecular weight excluding hydrogens is 462 g/mol. The number of nitrogens with zero attached hydrogens (tertiary/aromatic N) is 4. The van der Waals surface area contributed by atoms with E-state index in [1.165, 1.54) is 44.3 Å². The van der Waals surface area contributed by atoms with E-state index >= 15 is 0 Å². The zero-order valence-corrected chi connectivity index (χ0v) is 21.4. The lowest BCUT2D eigenvalue weighted by molar-refractivity contribution is 0.0689. The molecule has 3 N–H and O–H groups in total. The van der Waals surface area contributed by atoms with Crippen molar-refractivity contribution in [2.45, 2.75) is 45.2 Å². The Kier molecular flexibility index (Phi) is 6.76. The third-order valence-corrected chi connectivity index (χ3v) is 8.02. The van der Waals surface area contributed by atoms with Crippen LogP contribution in [0.2, 0.25) is 0 Å². The summed E-state index contributed by atoms with van der Waals surface area (Å²) in [5, 5.41) is 10.1. The number of H-pyrrole nitrogens is 2. The van der Waals surface area contributed by atoms with Gasteiger partial charge in [-0.15, -0.1) is 0 Å². The maximum atomic E-state index is 12.6. The van der Waals surface area contributed by atoms with Crippen molar-refractivity contribution in [1.82, 2.24) is 30.0 Å². The molecule has 8 heteroatoms. The van der Waals surface area contributed by atoms with Gasteiger partial charge in [-0.2, -0.15) is 5.10 Å². The van der Waals surface area contributed by atoms with Gasteiger partial charge >= 0.3 is 0 Å². The van der Waals surface area contributed by atoms with E-state index in [1.807, 2.05) is 18.2 Å². The van der Waals surface area contributed by atoms with Crippen molar-refractivity contribution in [1.29, 1.82) is 0 Å². The standard InChI is InChI=1S/C29H35N7O/c1-20-7-10-23(11-8-20)36-15-13-35(14-16-36)19-21-9-12-24-25(17-21)32-28(31-24)27-26(18-30-34-27)33-29(37)22-5-3-2-4-6-22/h2-6,9,12,17-18,20,23H,7-8,10-11,13-16,19H2,1H3,(H,30,34)(H,31,32)(H,33,37). The highest BCUT2D eigenvalue weighted by Gasteiger charge is 2.27. The number of benzene rings is 2. The maximum Gasteiger partial charge on any atom is 0.255 e. The van der Waals surface area contributed by atoms with Gasteiger partial charge in [0.25, 0.3) is 5.91 Å². The summed E-state index contributed by atoms with van der Waals surface area (Å²) in [6.07, 6.45) is 7.12. The number of nitrogens with one attached hydrogen (secondary N) is 3. The molecular formula is C29H35N7O. The number of rotatable bonds is 6. The molecule has 0 bridgehead atoms. The molecule has 0 atom stereocenters. The first kappa shape index (κ1) is 23.9. The van der Waals surface area contributed by atoms with Gasteiger partial charge in [-0.25, -0.2) is 4.98 Å². The van der Waals surface area contributed by atoms with Crippen LogP contribution < -0.4 is 5.32 Å². The molecule has 2 aromatic heterocycles. The second-order valence-corrected chi connectivity index (χ2v) is 10.6. The van der Waals surface area contributed by atoms with E-state index in [2.05, 4.69) is 55.4 Å². The summed E-state index contributed by atoms with van der Waals surface area (Å²) >= 11 is 0. The number of fused-ring (bicyclic) bond motifs is 1. The predicted molar refractivity (Wildman–Crippen MR) is 146 cm³/mol. The predicted octanol–water partition coefficient (Wildman–Crippen LogP) is 4.90. The second kappa shape index (κ2) is 10.5. The van der Waals surface area contributed by atoms with Crippen LogP contribution >= 0.6 is 0 Å². The average molecular weight is 498 g/mol. The van der Waals surface area contributed by atoms with Crippen molar-refractivity contribution in [3.05, 3.63) is 65.9 Å². The Morgan fingerprint density at radius 3 is 2.59 bits per heavy atom. The number of anilines is 1. The number of aromatic amines is 2. The van der Waals surface area contributed by atoms with E-state index in [1.54, 1.807) is 18.3 Å². The van der Waals surface area contributed by atoms with E-state index < -0.39 is 0 Å². The maximum absolute atomic E-state index is 12.6. The fourth-order valence-electron chi connectivity index (χ4n) is 5.77. The van der Waals surface area contributed by atoms with Crippen LogP contribution in [0, 0.1) is 5.92 Å². The third kappa shape index (κ3) is 5.31. The Bertz CT molecular complexity index is 1350. The quantitative estimate of drug-likeness (QED) is 0.352. The lowest BCUT2D eigenvalue weighted by atomic mass is 9.86. The average Bonchev–Trinajstić information content (AvgIpc) is 3.56. The Morgan fingerprint density at radius 2 is 1.81 bits per heavy atom. The summed E-state index contributed by atoms with van der Waals surface area (Å²) in [6, 6.07) is 16.4. The van der Waals surface area contributed by atoms with Crippen molar-refractivity contribution in [2.24, 2.45) is 5.92 Å². The molecule has 0 spiro atoms. The smallest absolute Gasteiger partial charge is 0.255 e. The molecule has 3 heterocycles. The second-order valence-electron chi connectivity index (χ2n) is 10.6. The Labute approximate surface area is 217 Å². The molecule has 1 aliphatic heterocycles. The largest absolute Gasteiger partial charge is 0.337 e. The summed E-state index contributed by atoms with van der Waals surface area (Å²) in [5.74, 6) is 1.38. The lowest BCUT2D eigenvalue weighted by Gasteiger charge is -2.41. The number of amides is 1. The normalized spacial score (nSPS) is 21.3. The summed E-state index contributed by atoms with van der Waals surface area (Å²) < 4.78 is 0. The number of aromatic nitrogens is 4. The van der Waals surface area contributed by atoms with Gasteiger partial charge < -0.3 is 10.3 Å². The number of hydrogen-bond donors (Lipinski definition) is 3. The first-order valence-electron chi connectivity index (χ1n) is 13.5. The molecule has 8 nitrogen and oxygen atoms in total. The molecule has 1 aliphatic carbocycles. The van der Waals surface area contributed by atoms with E-state index in [0.29, 0.717) is 22.8 Å². The number of carbonyl (C=O) groups is 1. The number of carbonyl (C=O) groups excluding carboxylic acids is 1. The monoisotopic (exact) mass is 497 g/mol. The zero-order chi connectivity index (χ0) is 25.2. The number of imidazole rings is 1. The molecule has 1 amide bonds. The Morgan fingerprint density at radius 1 is 1.03 bits per heavy atom. The van der Waals surface area contributed by atoms with Gasteiger partial charge in [0.1, 0.15) is 5.69 Å². The summed E-state index contributed by atoms with van der Waals surface area (Å²) in [4.78, 5) is 26.1. The van der Waals surface area contributed by atoms with Crippen LogP contribution in [0.1, 0.15) is 48.5 Å². The first-order valence-corrected chi connectivity index (χ1v) is 13.5. The number of hydrogen-bond acceptors (Lipinski definition) is 5. The minimum atomic E-state index is -0.181. The molecule has 0 radical (unpaired) electrons. The van der Waals surface area contributed by atoms with Gasteiger partial charge in [0.15, 0.2) is 5.82 Å². The van der Waals surface area contributed by atoms with Crippen LogP contribution in [0.5, 0.6) is 0 Å². The van der Waals surface area contributed by atoms with Gasteiger partial charge in [-0.3, -0.25) is 19.7 Å². The van der Waals surface area contributed by atoms with Crippen LogP contribution in [-0.4, -0.2) is 68.1 Å². The summed E-state index contributed by atoms with van der Waals surface area (Å²) in [6.45, 7) is 7.93. The molecule has 1 saturated carbocycles. The van der Waals surface area contributed by atoms with E-state index in [4.69, 9.17) is 4.98 Å². The SMILES string of the molecule is CC1CCC(N2CCN(Cc3ccc4nc(-c5[nH]ncc5NC(=O)c5ccccc5)[nH]c4c3)CC2)CC1. The van der Waals surface area contributed by atoms with Crippen LogP contribution in [-0.2, 0) is 6.54 Å². The zero-order valence-electron chi connectivity index (χ0n) is 21.4. The highest BCUT2D eigenvalue weighted by atomic mass is 16.1. The van der Waals surface area contributed by atoms with Gasteiger partial charge in [-0.1, -0.05) is 31.2 Å². The van der Waals surface area contributed by atoms with E-state index in [0.717, 1.165) is 42.6 Å². The van der Waals surface area contributed by atoms with Gasteiger partial charge in [-0.05, 0) is 61.4 Å². The molecule has 4 aromatic rings. The van der Waals surface area contributed by atoms with Crippen molar-refractivity contribution in [3.63, 3.8) is 0 Å². The molecule has 192 valence electrons. The van der Waals surface area contributed by atoms with Gasteiger partial charge in [0.2, 0.25) is 0 Å². The van der Waals surface area contributed by atoms with Gasteiger partial charge in [0.05, 0.1) is 22.9 Å². The fraction of sp³-hybridized carbons (Fsp3) is 0.414. The first-order chi connectivity index (χ1) is 18.1. The topological polar surface area (TPSA) is 92.9 Å². The van der Waals surface area contributed by atoms with Crippen LogP contribution in [0.25, 0.3) is 22.6 Å². The van der Waals surface area contributed by atoms with E-state index in [9.17, 15) is 4.79 Å². The molecule has 6 rings (SSSR count). The van der Waals surface area contributed by atoms with Gasteiger partial charge in [0, 0.05) is 44.3 Å². The highest BCUT2D eigenvalue weighted by Crippen LogP contribution is 2.29. The summed E-state index contributed by atoms with van der Waals surface area (Å²) in [7, 11) is 0. The minimum Gasteiger partial charge on any atom is -0.337 e. The lowest BCUT2D eigenvalue weighted by Crippen LogP contribution is -2.50. The molecule has 1 saturated heterocycles. The fourth-order valence-corrected chi connectivity index (χ4v) is 5.77. The van der Waals surface area contributed by atoms with Crippen molar-refractivity contribution in [3.8, 4) is 11.5 Å². The Balaban J connectivity index is 1.10. The van der Waals surface area contributed by atoms with Crippen molar-refractivity contribution >= 4 is 22.6 Å².